The van der Waals surface area contributed by atoms with Crippen LogP contribution in [0.3, 0.4) is 0 Å². The molecule has 2 saturated heterocycles. The van der Waals surface area contributed by atoms with Gasteiger partial charge in [-0.15, -0.1) is 0 Å². The maximum absolute atomic E-state index is 12.4. The van der Waals surface area contributed by atoms with Crippen molar-refractivity contribution in [1.29, 1.82) is 0 Å². The Balaban J connectivity index is 1.70. The van der Waals surface area contributed by atoms with Crippen molar-refractivity contribution in [2.45, 2.75) is 44.6 Å². The Morgan fingerprint density at radius 2 is 1.90 bits per heavy atom. The molecule has 21 heavy (non-hydrogen) atoms. The molecule has 2 fully saturated rings. The largest absolute Gasteiger partial charge is 0.370 e. The highest BCUT2D eigenvalue weighted by molar-refractivity contribution is 5.97. The molecule has 0 aliphatic carbocycles. The van der Waals surface area contributed by atoms with Gasteiger partial charge in [0, 0.05) is 13.1 Å². The van der Waals surface area contributed by atoms with Crippen LogP contribution in [0.2, 0.25) is 0 Å². The van der Waals surface area contributed by atoms with Crippen LogP contribution in [0.15, 0.2) is 24.3 Å². The van der Waals surface area contributed by atoms with Gasteiger partial charge in [-0.1, -0.05) is 18.6 Å². The van der Waals surface area contributed by atoms with E-state index in [1.54, 1.807) is 0 Å². The van der Waals surface area contributed by atoms with Gasteiger partial charge in [0.05, 0.1) is 17.4 Å². The molecule has 0 spiro atoms. The highest BCUT2D eigenvalue weighted by Crippen LogP contribution is 2.28. The van der Waals surface area contributed by atoms with E-state index in [2.05, 4.69) is 27.7 Å². The van der Waals surface area contributed by atoms with Gasteiger partial charge in [0.25, 0.3) is 0 Å². The number of nitrogens with one attached hydrogen (secondary N) is 2. The molecular weight excluding hydrogens is 262 g/mol. The zero-order valence-corrected chi connectivity index (χ0v) is 12.6. The fraction of sp³-hybridized carbons (Fsp3) is 0.588. The number of carbonyl (C=O) groups is 1. The van der Waals surface area contributed by atoms with Crippen LogP contribution in [-0.2, 0) is 4.79 Å². The molecule has 114 valence electrons. The maximum Gasteiger partial charge on any atom is 0.241 e. The van der Waals surface area contributed by atoms with Crippen molar-refractivity contribution in [3.63, 3.8) is 0 Å². The Morgan fingerprint density at radius 1 is 1.10 bits per heavy atom. The molecule has 2 N–H and O–H groups in total. The summed E-state index contributed by atoms with van der Waals surface area (Å²) in [5.74, 6) is 0.110. The minimum Gasteiger partial charge on any atom is -0.370 e. The number of piperidine rings is 2. The van der Waals surface area contributed by atoms with Crippen molar-refractivity contribution >= 4 is 17.3 Å². The van der Waals surface area contributed by atoms with E-state index in [9.17, 15) is 4.79 Å². The van der Waals surface area contributed by atoms with Gasteiger partial charge in [0.15, 0.2) is 0 Å². The molecule has 4 nitrogen and oxygen atoms in total. The third-order valence-corrected chi connectivity index (χ3v) is 4.49. The predicted octanol–water partition coefficient (Wildman–Crippen LogP) is 2.76. The summed E-state index contributed by atoms with van der Waals surface area (Å²) in [5.41, 5.74) is 2.12. The van der Waals surface area contributed by atoms with Crippen molar-refractivity contribution in [2.24, 2.45) is 0 Å². The molecular formula is C17H25N3O. The van der Waals surface area contributed by atoms with Gasteiger partial charge in [0.2, 0.25) is 5.91 Å². The van der Waals surface area contributed by atoms with E-state index in [4.69, 9.17) is 0 Å². The second-order valence-electron chi connectivity index (χ2n) is 6.06. The van der Waals surface area contributed by atoms with Gasteiger partial charge < -0.3 is 15.5 Å². The summed E-state index contributed by atoms with van der Waals surface area (Å²) in [6, 6.07) is 8.16. The number of para-hydroxylation sites is 2. The summed E-state index contributed by atoms with van der Waals surface area (Å²) in [7, 11) is 0. The first kappa shape index (κ1) is 14.4. The Labute approximate surface area is 126 Å². The Kier molecular flexibility index (Phi) is 4.76. The number of amides is 1. The molecule has 0 bridgehead atoms. The second-order valence-corrected chi connectivity index (χ2v) is 6.06. The number of nitrogens with zero attached hydrogens (tertiary/aromatic N) is 1. The molecule has 3 rings (SSSR count). The zero-order valence-electron chi connectivity index (χ0n) is 12.6. The Hall–Kier alpha value is -1.55. The minimum absolute atomic E-state index is 0.0341. The lowest BCUT2D eigenvalue weighted by Gasteiger charge is -2.31. The van der Waals surface area contributed by atoms with Gasteiger partial charge in [-0.3, -0.25) is 4.79 Å². The van der Waals surface area contributed by atoms with Gasteiger partial charge >= 0.3 is 0 Å². The summed E-state index contributed by atoms with van der Waals surface area (Å²) in [6.45, 7) is 3.13. The fourth-order valence-corrected chi connectivity index (χ4v) is 3.29. The lowest BCUT2D eigenvalue weighted by Crippen LogP contribution is -2.43. The van der Waals surface area contributed by atoms with Crippen LogP contribution >= 0.6 is 0 Å². The van der Waals surface area contributed by atoms with Gasteiger partial charge in [0.1, 0.15) is 0 Å². The van der Waals surface area contributed by atoms with Gasteiger partial charge in [-0.25, -0.2) is 0 Å². The van der Waals surface area contributed by atoms with Gasteiger partial charge in [-0.2, -0.15) is 0 Å². The highest BCUT2D eigenvalue weighted by atomic mass is 16.2. The van der Waals surface area contributed by atoms with Crippen molar-refractivity contribution in [2.75, 3.05) is 29.9 Å². The summed E-state index contributed by atoms with van der Waals surface area (Å²) in [4.78, 5) is 14.8. The monoisotopic (exact) mass is 287 g/mol. The average Bonchev–Trinajstić information content (AvgIpc) is 2.57. The Morgan fingerprint density at radius 3 is 2.67 bits per heavy atom. The standard InChI is InChI=1S/C17H25N3O/c21-17(15-9-4-5-11-18-15)19-14-8-2-3-10-16(14)20-12-6-1-7-13-20/h2-3,8,10,15,18H,1,4-7,9,11-13H2,(H,19,21). The second kappa shape index (κ2) is 6.94. The van der Waals surface area contributed by atoms with E-state index >= 15 is 0 Å². The summed E-state index contributed by atoms with van der Waals surface area (Å²) in [6.07, 6.45) is 7.06. The molecule has 1 unspecified atom stereocenters. The number of rotatable bonds is 3. The number of hydrogen-bond acceptors (Lipinski definition) is 3. The molecule has 1 atom stereocenters. The van der Waals surface area contributed by atoms with E-state index in [1.165, 1.54) is 31.4 Å². The first-order chi connectivity index (χ1) is 10.3. The molecule has 2 heterocycles. The van der Waals surface area contributed by atoms with E-state index < -0.39 is 0 Å². The van der Waals surface area contributed by atoms with Crippen LogP contribution in [0.25, 0.3) is 0 Å². The molecule has 1 aromatic rings. The quantitative estimate of drug-likeness (QED) is 0.898. The summed E-state index contributed by atoms with van der Waals surface area (Å²) < 4.78 is 0. The van der Waals surface area contributed by atoms with E-state index in [1.807, 2.05) is 12.1 Å². The van der Waals surface area contributed by atoms with Gasteiger partial charge in [-0.05, 0) is 50.8 Å². The maximum atomic E-state index is 12.4. The van der Waals surface area contributed by atoms with Crippen molar-refractivity contribution in [3.05, 3.63) is 24.3 Å². The van der Waals surface area contributed by atoms with Crippen molar-refractivity contribution < 1.29 is 4.79 Å². The first-order valence-corrected chi connectivity index (χ1v) is 8.23. The molecule has 1 amide bonds. The lowest BCUT2D eigenvalue weighted by atomic mass is 10.0. The number of hydrogen-bond donors (Lipinski definition) is 2. The summed E-state index contributed by atoms with van der Waals surface area (Å²) in [5, 5.41) is 6.45. The van der Waals surface area contributed by atoms with Crippen LogP contribution in [-0.4, -0.2) is 31.6 Å². The van der Waals surface area contributed by atoms with Crippen LogP contribution in [0, 0.1) is 0 Å². The fourth-order valence-electron chi connectivity index (χ4n) is 3.29. The Bertz CT molecular complexity index is 477. The summed E-state index contributed by atoms with van der Waals surface area (Å²) >= 11 is 0. The number of benzene rings is 1. The molecule has 0 radical (unpaired) electrons. The van der Waals surface area contributed by atoms with Crippen LogP contribution < -0.4 is 15.5 Å². The lowest BCUT2D eigenvalue weighted by molar-refractivity contribution is -0.118. The van der Waals surface area contributed by atoms with E-state index in [0.29, 0.717) is 0 Å². The number of anilines is 2. The zero-order chi connectivity index (χ0) is 14.5. The van der Waals surface area contributed by atoms with E-state index in [-0.39, 0.29) is 11.9 Å². The van der Waals surface area contributed by atoms with Crippen molar-refractivity contribution in [3.8, 4) is 0 Å². The first-order valence-electron chi connectivity index (χ1n) is 8.23. The van der Waals surface area contributed by atoms with Crippen LogP contribution in [0.4, 0.5) is 11.4 Å². The molecule has 0 saturated carbocycles. The molecule has 1 aromatic carbocycles. The highest BCUT2D eigenvalue weighted by Gasteiger charge is 2.22. The topological polar surface area (TPSA) is 44.4 Å². The molecule has 4 heteroatoms. The van der Waals surface area contributed by atoms with Crippen molar-refractivity contribution in [1.82, 2.24) is 5.32 Å². The smallest absolute Gasteiger partial charge is 0.241 e. The average molecular weight is 287 g/mol. The molecule has 0 aromatic heterocycles. The predicted molar refractivity (Wildman–Crippen MR) is 86.8 cm³/mol. The normalized spacial score (nSPS) is 22.9. The van der Waals surface area contributed by atoms with Crippen LogP contribution in [0.5, 0.6) is 0 Å². The SMILES string of the molecule is O=C(Nc1ccccc1N1CCCCC1)C1CCCCN1. The molecule has 2 aliphatic rings. The minimum atomic E-state index is -0.0341. The third-order valence-electron chi connectivity index (χ3n) is 4.49. The van der Waals surface area contributed by atoms with Crippen LogP contribution in [0.1, 0.15) is 38.5 Å². The third kappa shape index (κ3) is 3.56. The van der Waals surface area contributed by atoms with E-state index in [0.717, 1.165) is 38.2 Å². The number of carbonyl (C=O) groups excluding carboxylic acids is 1. The molecule has 2 aliphatic heterocycles.